The number of hydrogen-bond donors (Lipinski definition) is 1. The predicted octanol–water partition coefficient (Wildman–Crippen LogP) is 3.66. The number of H-pyrrole nitrogens is 1. The maximum atomic E-state index is 12.6. The van der Waals surface area contributed by atoms with Gasteiger partial charge in [0.15, 0.2) is 0 Å². The minimum atomic E-state index is -0.223. The Morgan fingerprint density at radius 3 is 2.68 bits per heavy atom. The summed E-state index contributed by atoms with van der Waals surface area (Å²) in [7, 11) is 0. The van der Waals surface area contributed by atoms with Crippen LogP contribution in [0, 0.1) is 0 Å². The number of benzene rings is 1. The summed E-state index contributed by atoms with van der Waals surface area (Å²) in [5.41, 5.74) is 1.23. The molecule has 1 N–H and O–H groups in total. The fourth-order valence-corrected chi connectivity index (χ4v) is 3.09. The topological polar surface area (TPSA) is 53.2 Å². The highest BCUT2D eigenvalue weighted by molar-refractivity contribution is 6.42. The van der Waals surface area contributed by atoms with Crippen LogP contribution in [0.5, 0.6) is 0 Å². The zero-order valence-electron chi connectivity index (χ0n) is 11.7. The quantitative estimate of drug-likeness (QED) is 0.909. The molecule has 6 heteroatoms. The lowest BCUT2D eigenvalue weighted by Crippen LogP contribution is -2.31. The van der Waals surface area contributed by atoms with Gasteiger partial charge < -0.3 is 9.88 Å². The number of pyridine rings is 1. The zero-order valence-corrected chi connectivity index (χ0v) is 13.2. The van der Waals surface area contributed by atoms with Crippen LogP contribution in [-0.2, 0) is 0 Å². The highest BCUT2D eigenvalue weighted by atomic mass is 35.5. The van der Waals surface area contributed by atoms with E-state index >= 15 is 0 Å². The second-order valence-electron chi connectivity index (χ2n) is 5.27. The molecule has 0 aliphatic carbocycles. The van der Waals surface area contributed by atoms with Gasteiger partial charge in [-0.05, 0) is 36.6 Å². The van der Waals surface area contributed by atoms with Gasteiger partial charge in [0, 0.05) is 18.8 Å². The molecule has 1 aromatic carbocycles. The largest absolute Gasteiger partial charge is 0.332 e. The minimum absolute atomic E-state index is 0.0193. The molecule has 4 nitrogen and oxygen atoms in total. The second-order valence-corrected chi connectivity index (χ2v) is 6.09. The van der Waals surface area contributed by atoms with Gasteiger partial charge in [-0.2, -0.15) is 0 Å². The average Bonchev–Trinajstić information content (AvgIpc) is 2.99. The van der Waals surface area contributed by atoms with Crippen molar-refractivity contribution in [3.8, 4) is 0 Å². The van der Waals surface area contributed by atoms with Crippen molar-refractivity contribution in [2.75, 3.05) is 6.54 Å². The molecule has 2 aromatic rings. The van der Waals surface area contributed by atoms with Crippen LogP contribution in [0.2, 0.25) is 10.0 Å². The maximum absolute atomic E-state index is 12.6. The molecule has 1 saturated heterocycles. The lowest BCUT2D eigenvalue weighted by Gasteiger charge is -2.25. The number of nitrogens with one attached hydrogen (secondary N) is 1. The van der Waals surface area contributed by atoms with Crippen LogP contribution in [0.25, 0.3) is 0 Å². The standard InChI is InChI=1S/C16H14Cl2N2O2/c17-12-5-3-10(8-13(12)18)14-2-1-7-20(14)16(22)11-4-6-15(21)19-9-11/h3-6,8-9,14H,1-2,7H2,(H,19,21)/t14-/m1/s1. The van der Waals surface area contributed by atoms with Crippen LogP contribution < -0.4 is 5.56 Å². The van der Waals surface area contributed by atoms with Gasteiger partial charge in [0.05, 0.1) is 21.7 Å². The van der Waals surface area contributed by atoms with Gasteiger partial charge >= 0.3 is 0 Å². The van der Waals surface area contributed by atoms with E-state index in [4.69, 9.17) is 23.2 Å². The summed E-state index contributed by atoms with van der Waals surface area (Å²) in [5.74, 6) is -0.0928. The van der Waals surface area contributed by atoms with Gasteiger partial charge in [-0.3, -0.25) is 9.59 Å². The number of carbonyl (C=O) groups excluding carboxylic acids is 1. The molecule has 0 spiro atoms. The molecule has 2 heterocycles. The molecule has 0 radical (unpaired) electrons. The molecular weight excluding hydrogens is 323 g/mol. The lowest BCUT2D eigenvalue weighted by molar-refractivity contribution is 0.0735. The molecule has 1 amide bonds. The van der Waals surface area contributed by atoms with Gasteiger partial charge in [-0.25, -0.2) is 0 Å². The number of halogens is 2. The molecule has 114 valence electrons. The van der Waals surface area contributed by atoms with Gasteiger partial charge in [0.25, 0.3) is 5.91 Å². The Morgan fingerprint density at radius 2 is 2.00 bits per heavy atom. The van der Waals surface area contributed by atoms with Crippen molar-refractivity contribution >= 4 is 29.1 Å². The first kappa shape index (κ1) is 15.1. The fraction of sp³-hybridized carbons (Fsp3) is 0.250. The van der Waals surface area contributed by atoms with E-state index in [1.54, 1.807) is 12.1 Å². The number of aromatic nitrogens is 1. The Hall–Kier alpha value is -1.78. The second kappa shape index (κ2) is 6.15. The van der Waals surface area contributed by atoms with Gasteiger partial charge in [0.2, 0.25) is 5.56 Å². The Bertz CT molecular complexity index is 752. The molecule has 0 unspecified atom stereocenters. The Labute approximate surface area is 137 Å². The summed E-state index contributed by atoms with van der Waals surface area (Å²) in [6, 6.07) is 8.35. The Balaban J connectivity index is 1.89. The molecule has 1 aliphatic heterocycles. The maximum Gasteiger partial charge on any atom is 0.255 e. The van der Waals surface area contributed by atoms with Crippen LogP contribution in [0.3, 0.4) is 0 Å². The summed E-state index contributed by atoms with van der Waals surface area (Å²) in [5, 5.41) is 0.990. The molecule has 1 aromatic heterocycles. The van der Waals surface area contributed by atoms with E-state index in [0.717, 1.165) is 18.4 Å². The van der Waals surface area contributed by atoms with E-state index in [-0.39, 0.29) is 17.5 Å². The smallest absolute Gasteiger partial charge is 0.255 e. The number of aromatic amines is 1. The van der Waals surface area contributed by atoms with E-state index in [1.165, 1.54) is 12.3 Å². The number of nitrogens with zero attached hydrogens (tertiary/aromatic N) is 1. The lowest BCUT2D eigenvalue weighted by atomic mass is 10.0. The Kier molecular flexibility index (Phi) is 4.23. The molecule has 1 atom stereocenters. The monoisotopic (exact) mass is 336 g/mol. The summed E-state index contributed by atoms with van der Waals surface area (Å²) in [4.78, 5) is 28.1. The third-order valence-electron chi connectivity index (χ3n) is 3.87. The molecule has 0 saturated carbocycles. The van der Waals surface area contributed by atoms with Crippen molar-refractivity contribution in [1.29, 1.82) is 0 Å². The van der Waals surface area contributed by atoms with Crippen LogP contribution >= 0.6 is 23.2 Å². The highest BCUT2D eigenvalue weighted by Gasteiger charge is 2.30. The first-order chi connectivity index (χ1) is 10.6. The minimum Gasteiger partial charge on any atom is -0.332 e. The van der Waals surface area contributed by atoms with Crippen molar-refractivity contribution < 1.29 is 4.79 Å². The van der Waals surface area contributed by atoms with Crippen LogP contribution in [0.15, 0.2) is 41.3 Å². The van der Waals surface area contributed by atoms with E-state index in [9.17, 15) is 9.59 Å². The van der Waals surface area contributed by atoms with E-state index in [1.807, 2.05) is 17.0 Å². The zero-order chi connectivity index (χ0) is 15.7. The number of rotatable bonds is 2. The molecule has 22 heavy (non-hydrogen) atoms. The summed E-state index contributed by atoms with van der Waals surface area (Å²) in [6.07, 6.45) is 3.27. The van der Waals surface area contributed by atoms with Crippen LogP contribution in [0.4, 0.5) is 0 Å². The molecular formula is C16H14Cl2N2O2. The van der Waals surface area contributed by atoms with Crippen LogP contribution in [-0.4, -0.2) is 22.3 Å². The van der Waals surface area contributed by atoms with Crippen molar-refractivity contribution in [3.05, 3.63) is 68.1 Å². The van der Waals surface area contributed by atoms with Crippen molar-refractivity contribution in [3.63, 3.8) is 0 Å². The average molecular weight is 337 g/mol. The molecule has 3 rings (SSSR count). The van der Waals surface area contributed by atoms with Crippen molar-refractivity contribution in [2.24, 2.45) is 0 Å². The van der Waals surface area contributed by atoms with Crippen molar-refractivity contribution in [1.82, 2.24) is 9.88 Å². The van der Waals surface area contributed by atoms with Gasteiger partial charge in [-0.1, -0.05) is 29.3 Å². The van der Waals surface area contributed by atoms with E-state index < -0.39 is 0 Å². The SMILES string of the molecule is O=C(c1ccc(=O)[nH]c1)N1CCC[C@@H]1c1ccc(Cl)c(Cl)c1. The van der Waals surface area contributed by atoms with E-state index in [0.29, 0.717) is 22.2 Å². The molecule has 1 fully saturated rings. The molecule has 0 bridgehead atoms. The van der Waals surface area contributed by atoms with Gasteiger partial charge in [0.1, 0.15) is 0 Å². The predicted molar refractivity (Wildman–Crippen MR) is 86.5 cm³/mol. The van der Waals surface area contributed by atoms with E-state index in [2.05, 4.69) is 4.98 Å². The normalized spacial score (nSPS) is 17.7. The number of amides is 1. The first-order valence-electron chi connectivity index (χ1n) is 7.01. The van der Waals surface area contributed by atoms with Crippen LogP contribution in [0.1, 0.15) is 34.8 Å². The first-order valence-corrected chi connectivity index (χ1v) is 7.76. The molecule has 1 aliphatic rings. The third-order valence-corrected chi connectivity index (χ3v) is 4.61. The number of carbonyl (C=O) groups is 1. The summed E-state index contributed by atoms with van der Waals surface area (Å²) >= 11 is 12.0. The summed E-state index contributed by atoms with van der Waals surface area (Å²) < 4.78 is 0. The summed E-state index contributed by atoms with van der Waals surface area (Å²) in [6.45, 7) is 0.683. The number of likely N-dealkylation sites (tertiary alicyclic amines) is 1. The highest BCUT2D eigenvalue weighted by Crippen LogP contribution is 2.35. The van der Waals surface area contributed by atoms with Crippen molar-refractivity contribution in [2.45, 2.75) is 18.9 Å². The fourth-order valence-electron chi connectivity index (χ4n) is 2.79. The van der Waals surface area contributed by atoms with Gasteiger partial charge in [-0.15, -0.1) is 0 Å². The Morgan fingerprint density at radius 1 is 1.18 bits per heavy atom. The third kappa shape index (κ3) is 2.89. The number of hydrogen-bond acceptors (Lipinski definition) is 2.